The van der Waals surface area contributed by atoms with Gasteiger partial charge in [0, 0.05) is 22.5 Å². The van der Waals surface area contributed by atoms with Gasteiger partial charge in [0.05, 0.1) is 0 Å². The van der Waals surface area contributed by atoms with Crippen molar-refractivity contribution in [3.63, 3.8) is 0 Å². The number of nitrogens with zero attached hydrogens (tertiary/aromatic N) is 1. The van der Waals surface area contributed by atoms with E-state index in [0.29, 0.717) is 0 Å². The van der Waals surface area contributed by atoms with Crippen LogP contribution in [0.3, 0.4) is 0 Å². The fraction of sp³-hybridized carbons (Fsp3) is 0.135. The molecule has 0 radical (unpaired) electrons. The maximum absolute atomic E-state index is 2.48. The van der Waals surface area contributed by atoms with Crippen LogP contribution in [-0.4, -0.2) is 0 Å². The van der Waals surface area contributed by atoms with Crippen LogP contribution in [0.2, 0.25) is 0 Å². The first-order chi connectivity index (χ1) is 18.6. The van der Waals surface area contributed by atoms with Crippen LogP contribution in [0.1, 0.15) is 37.0 Å². The minimum Gasteiger partial charge on any atom is -0.310 e. The second-order valence-corrected chi connectivity index (χ2v) is 11.3. The Morgan fingerprint density at radius 2 is 1.37 bits per heavy atom. The van der Waals surface area contributed by atoms with Crippen molar-refractivity contribution in [3.05, 3.63) is 131 Å². The summed E-state index contributed by atoms with van der Waals surface area (Å²) < 4.78 is 0. The molecule has 1 heteroatoms. The fourth-order valence-corrected chi connectivity index (χ4v) is 7.02. The van der Waals surface area contributed by atoms with Gasteiger partial charge in [-0.15, -0.1) is 0 Å². The molecule has 0 N–H and O–H groups in total. The van der Waals surface area contributed by atoms with E-state index in [2.05, 4.69) is 134 Å². The Balaban J connectivity index is 1.39. The van der Waals surface area contributed by atoms with Crippen molar-refractivity contribution >= 4 is 44.7 Å². The molecule has 2 aliphatic carbocycles. The van der Waals surface area contributed by atoms with Crippen LogP contribution in [0, 0.1) is 0 Å². The Morgan fingerprint density at radius 1 is 0.632 bits per heavy atom. The average molecular weight is 488 g/mol. The molecule has 0 fully saturated rings. The topological polar surface area (TPSA) is 3.24 Å². The van der Waals surface area contributed by atoms with E-state index in [9.17, 15) is 0 Å². The van der Waals surface area contributed by atoms with Crippen LogP contribution in [0.4, 0.5) is 17.1 Å². The van der Waals surface area contributed by atoms with E-state index < -0.39 is 0 Å². The summed E-state index contributed by atoms with van der Waals surface area (Å²) in [6.07, 6.45) is 4.69. The largest absolute Gasteiger partial charge is 0.310 e. The molecule has 0 aliphatic heterocycles. The lowest BCUT2D eigenvalue weighted by atomic mass is 9.80. The number of rotatable bonds is 3. The van der Waals surface area contributed by atoms with Crippen molar-refractivity contribution in [2.45, 2.75) is 32.1 Å². The number of fused-ring (bicyclic) bond motifs is 4. The number of para-hydroxylation sites is 2. The predicted octanol–water partition coefficient (Wildman–Crippen LogP) is 9.21. The lowest BCUT2D eigenvalue weighted by Crippen LogP contribution is -2.17. The Labute approximate surface area is 223 Å². The third-order valence-electron chi connectivity index (χ3n) is 8.83. The minimum atomic E-state index is -0.0930. The van der Waals surface area contributed by atoms with Crippen molar-refractivity contribution in [1.82, 2.24) is 0 Å². The normalized spacial score (nSPS) is 14.8. The van der Waals surface area contributed by atoms with Crippen LogP contribution in [-0.2, 0) is 11.8 Å². The predicted molar refractivity (Wildman–Crippen MR) is 162 cm³/mol. The highest BCUT2D eigenvalue weighted by atomic mass is 15.1. The Bertz CT molecular complexity index is 1890. The van der Waals surface area contributed by atoms with Gasteiger partial charge in [-0.2, -0.15) is 0 Å². The summed E-state index contributed by atoms with van der Waals surface area (Å²) >= 11 is 0. The number of benzene rings is 6. The molecule has 0 atom stereocenters. The van der Waals surface area contributed by atoms with Crippen LogP contribution in [0.5, 0.6) is 0 Å². The summed E-state index contributed by atoms with van der Waals surface area (Å²) in [5.74, 6) is 0. The molecule has 0 heterocycles. The molecule has 6 aromatic carbocycles. The molecule has 0 saturated carbocycles. The third kappa shape index (κ3) is 2.93. The highest BCUT2D eigenvalue weighted by molar-refractivity contribution is 6.18. The molecule has 0 amide bonds. The van der Waals surface area contributed by atoms with Crippen molar-refractivity contribution in [2.24, 2.45) is 0 Å². The van der Waals surface area contributed by atoms with Gasteiger partial charge in [-0.1, -0.05) is 86.7 Å². The van der Waals surface area contributed by atoms with Crippen molar-refractivity contribution < 1.29 is 0 Å². The van der Waals surface area contributed by atoms with Gasteiger partial charge in [-0.3, -0.25) is 0 Å². The first-order valence-electron chi connectivity index (χ1n) is 13.7. The first kappa shape index (κ1) is 21.7. The van der Waals surface area contributed by atoms with E-state index in [-0.39, 0.29) is 5.41 Å². The van der Waals surface area contributed by atoms with Gasteiger partial charge in [0.15, 0.2) is 0 Å². The van der Waals surface area contributed by atoms with Gasteiger partial charge >= 0.3 is 0 Å². The minimum absolute atomic E-state index is 0.0930. The van der Waals surface area contributed by atoms with Crippen molar-refractivity contribution in [2.75, 3.05) is 4.90 Å². The van der Waals surface area contributed by atoms with E-state index in [4.69, 9.17) is 0 Å². The van der Waals surface area contributed by atoms with Gasteiger partial charge in [0.1, 0.15) is 0 Å². The van der Waals surface area contributed by atoms with Crippen LogP contribution in [0.25, 0.3) is 38.7 Å². The summed E-state index contributed by atoms with van der Waals surface area (Å²) in [5.41, 5.74) is 10.6. The molecule has 38 heavy (non-hydrogen) atoms. The lowest BCUT2D eigenvalue weighted by molar-refractivity contribution is 0.661. The highest BCUT2D eigenvalue weighted by Gasteiger charge is 2.38. The monoisotopic (exact) mass is 487 g/mol. The molecule has 0 bridgehead atoms. The van der Waals surface area contributed by atoms with Crippen LogP contribution in [0.15, 0.2) is 109 Å². The van der Waals surface area contributed by atoms with Crippen LogP contribution >= 0.6 is 0 Å². The molecule has 8 rings (SSSR count). The molecule has 0 spiro atoms. The van der Waals surface area contributed by atoms with Gasteiger partial charge < -0.3 is 4.90 Å². The van der Waals surface area contributed by atoms with E-state index in [1.807, 2.05) is 0 Å². The van der Waals surface area contributed by atoms with Gasteiger partial charge in [-0.25, -0.2) is 0 Å². The second kappa shape index (κ2) is 7.82. The van der Waals surface area contributed by atoms with Gasteiger partial charge in [-0.05, 0) is 110 Å². The molecule has 0 saturated heterocycles. The molecule has 6 aromatic rings. The number of hydrogen-bond donors (Lipinski definition) is 0. The van der Waals surface area contributed by atoms with E-state index >= 15 is 0 Å². The van der Waals surface area contributed by atoms with Gasteiger partial charge in [0.2, 0.25) is 0 Å². The molecule has 0 aromatic heterocycles. The quantitative estimate of drug-likeness (QED) is 0.240. The van der Waals surface area contributed by atoms with Crippen molar-refractivity contribution in [3.8, 4) is 11.1 Å². The van der Waals surface area contributed by atoms with Gasteiger partial charge in [0.25, 0.3) is 0 Å². The van der Waals surface area contributed by atoms with Crippen LogP contribution < -0.4 is 10.1 Å². The molecular formula is C37H29N. The number of hydrogen-bond acceptors (Lipinski definition) is 1. The number of anilines is 3. The Kier molecular flexibility index (Phi) is 4.47. The molecule has 182 valence electrons. The maximum atomic E-state index is 2.48. The fourth-order valence-electron chi connectivity index (χ4n) is 7.02. The Hall–Kier alpha value is -4.36. The Morgan fingerprint density at radius 3 is 2.11 bits per heavy atom. The van der Waals surface area contributed by atoms with E-state index in [0.717, 1.165) is 12.8 Å². The first-order valence-corrected chi connectivity index (χ1v) is 13.7. The van der Waals surface area contributed by atoms with Crippen molar-refractivity contribution in [1.29, 1.82) is 0 Å². The smallest absolute Gasteiger partial charge is 0.0465 e. The highest BCUT2D eigenvalue weighted by Crippen LogP contribution is 2.54. The standard InChI is InChI=1S/C37H29N/c1-37(2)32-23-29(38(27-12-5-3-6-13-27)28-14-7-4-8-15-28)19-21-30(32)36-31-20-18-25-11-9-10-24-16-17-26(22-33(36)37)35(31)34(24)25/h3-8,10,12-23H,9,11H2,1-2H3. The summed E-state index contributed by atoms with van der Waals surface area (Å²) in [7, 11) is 0. The summed E-state index contributed by atoms with van der Waals surface area (Å²) in [6.45, 7) is 4.79. The average Bonchev–Trinajstić information content (AvgIpc) is 3.19. The second-order valence-electron chi connectivity index (χ2n) is 11.3. The zero-order chi connectivity index (χ0) is 25.4. The molecule has 1 nitrogen and oxygen atoms in total. The zero-order valence-electron chi connectivity index (χ0n) is 21.8. The zero-order valence-corrected chi connectivity index (χ0v) is 21.8. The summed E-state index contributed by atoms with van der Waals surface area (Å²) in [6, 6.07) is 40.4. The molecular weight excluding hydrogens is 458 g/mol. The van der Waals surface area contributed by atoms with E-state index in [1.54, 1.807) is 0 Å². The third-order valence-corrected chi connectivity index (χ3v) is 8.83. The summed E-state index contributed by atoms with van der Waals surface area (Å²) in [5, 5.41) is 7.08. The summed E-state index contributed by atoms with van der Waals surface area (Å²) in [4.78, 5) is 2.37. The van der Waals surface area contributed by atoms with E-state index in [1.165, 1.54) is 71.6 Å². The molecule has 2 aliphatic rings. The molecule has 0 unspecified atom stereocenters. The maximum Gasteiger partial charge on any atom is 0.0465 e. The lowest BCUT2D eigenvalue weighted by Gasteiger charge is -2.28. The SMILES string of the molecule is CC1(C)c2cc(N(c3ccccc3)c3ccccc3)ccc2-c2c1cc1ccc3c4c(ccc2c14)CCC=3. The number of aryl methyl sites for hydroxylation is 1.